The number of fused-ring (bicyclic) bond motifs is 1. The van der Waals surface area contributed by atoms with E-state index in [1.807, 2.05) is 25.2 Å². The van der Waals surface area contributed by atoms with Gasteiger partial charge in [-0.05, 0) is 38.2 Å². The van der Waals surface area contributed by atoms with Gasteiger partial charge >= 0.3 is 0 Å². The number of benzene rings is 1. The van der Waals surface area contributed by atoms with Crippen molar-refractivity contribution < 1.29 is 4.84 Å². The number of nitrogens with zero attached hydrogens (tertiary/aromatic N) is 4. The van der Waals surface area contributed by atoms with Crippen molar-refractivity contribution >= 4 is 22.7 Å². The van der Waals surface area contributed by atoms with Gasteiger partial charge in [-0.1, -0.05) is 5.21 Å². The summed E-state index contributed by atoms with van der Waals surface area (Å²) in [5, 5.41) is 11.1. The zero-order chi connectivity index (χ0) is 14.4. The molecule has 8 nitrogen and oxygen atoms in total. The van der Waals surface area contributed by atoms with Crippen LogP contribution in [-0.2, 0) is 4.84 Å². The molecular weight excluding hydrogens is 258 g/mol. The standard InChI is InChI=1S/C12H19N7O/c1-14-6-3-7-15-12(13)19-11-8-9(17-20-2)4-5-10(11)16-18-19/h4-5,8,14,17H,3,6-7H2,1-2H3,(H2,13,15). The number of hydrogen-bond donors (Lipinski definition) is 3. The third-order valence-corrected chi connectivity index (χ3v) is 2.74. The lowest BCUT2D eigenvalue weighted by molar-refractivity contribution is 0.271. The van der Waals surface area contributed by atoms with Gasteiger partial charge in [-0.15, -0.1) is 5.10 Å². The van der Waals surface area contributed by atoms with Gasteiger partial charge in [0.1, 0.15) is 5.52 Å². The van der Waals surface area contributed by atoms with Gasteiger partial charge in [0.05, 0.1) is 18.3 Å². The van der Waals surface area contributed by atoms with E-state index in [-0.39, 0.29) is 0 Å². The second-order valence-electron chi connectivity index (χ2n) is 4.21. The van der Waals surface area contributed by atoms with Gasteiger partial charge in [-0.3, -0.25) is 15.3 Å². The van der Waals surface area contributed by atoms with E-state index in [0.29, 0.717) is 12.5 Å². The first-order chi connectivity index (χ1) is 9.76. The van der Waals surface area contributed by atoms with Crippen molar-refractivity contribution in [3.05, 3.63) is 18.2 Å². The second-order valence-corrected chi connectivity index (χ2v) is 4.21. The van der Waals surface area contributed by atoms with Crippen LogP contribution in [-0.4, -0.2) is 48.2 Å². The fraction of sp³-hybridized carbons (Fsp3) is 0.417. The minimum Gasteiger partial charge on any atom is -0.368 e. The summed E-state index contributed by atoms with van der Waals surface area (Å²) in [6, 6.07) is 5.55. The Hall–Kier alpha value is -2.19. The molecule has 1 aromatic heterocycles. The first-order valence-electron chi connectivity index (χ1n) is 6.35. The van der Waals surface area contributed by atoms with Crippen molar-refractivity contribution in [1.82, 2.24) is 20.3 Å². The Labute approximate surface area is 117 Å². The smallest absolute Gasteiger partial charge is 0.218 e. The summed E-state index contributed by atoms with van der Waals surface area (Å²) >= 11 is 0. The van der Waals surface area contributed by atoms with E-state index in [4.69, 9.17) is 10.6 Å². The molecule has 0 saturated heterocycles. The lowest BCUT2D eigenvalue weighted by Crippen LogP contribution is -2.24. The molecule has 0 bridgehead atoms. The van der Waals surface area contributed by atoms with Crippen LogP contribution >= 0.6 is 0 Å². The second kappa shape index (κ2) is 6.83. The van der Waals surface area contributed by atoms with Gasteiger partial charge in [0.2, 0.25) is 5.96 Å². The van der Waals surface area contributed by atoms with E-state index in [2.05, 4.69) is 26.1 Å². The van der Waals surface area contributed by atoms with Crippen molar-refractivity contribution in [3.63, 3.8) is 0 Å². The molecule has 20 heavy (non-hydrogen) atoms. The number of hydrogen-bond acceptors (Lipinski definition) is 6. The lowest BCUT2D eigenvalue weighted by atomic mass is 10.3. The van der Waals surface area contributed by atoms with Gasteiger partial charge in [0.15, 0.2) is 0 Å². The summed E-state index contributed by atoms with van der Waals surface area (Å²) < 4.78 is 1.52. The fourth-order valence-corrected chi connectivity index (χ4v) is 1.79. The monoisotopic (exact) mass is 277 g/mol. The highest BCUT2D eigenvalue weighted by atomic mass is 16.6. The topological polar surface area (TPSA) is 102 Å². The van der Waals surface area contributed by atoms with Gasteiger partial charge < -0.3 is 11.1 Å². The number of nitrogens with two attached hydrogens (primary N) is 1. The molecular formula is C12H19N7O. The summed E-state index contributed by atoms with van der Waals surface area (Å²) in [7, 11) is 3.46. The highest BCUT2D eigenvalue weighted by Gasteiger charge is 2.08. The number of aromatic nitrogens is 3. The van der Waals surface area contributed by atoms with Crippen LogP contribution in [0, 0.1) is 0 Å². The Morgan fingerprint density at radius 2 is 2.35 bits per heavy atom. The van der Waals surface area contributed by atoms with Gasteiger partial charge in [-0.2, -0.15) is 4.68 Å². The Bertz CT molecular complexity index is 593. The molecule has 0 fully saturated rings. The molecule has 2 aromatic rings. The number of aliphatic imine (C=N–C) groups is 1. The number of anilines is 1. The minimum atomic E-state index is 0.332. The Morgan fingerprint density at radius 3 is 3.10 bits per heavy atom. The Morgan fingerprint density at radius 1 is 1.50 bits per heavy atom. The predicted molar refractivity (Wildman–Crippen MR) is 78.6 cm³/mol. The van der Waals surface area contributed by atoms with Gasteiger partial charge in [0, 0.05) is 6.54 Å². The van der Waals surface area contributed by atoms with Crippen molar-refractivity contribution in [2.75, 3.05) is 32.7 Å². The van der Waals surface area contributed by atoms with E-state index in [1.54, 1.807) is 7.11 Å². The van der Waals surface area contributed by atoms with E-state index >= 15 is 0 Å². The van der Waals surface area contributed by atoms with Gasteiger partial charge in [0.25, 0.3) is 0 Å². The average Bonchev–Trinajstić information content (AvgIpc) is 2.87. The van der Waals surface area contributed by atoms with Crippen LogP contribution in [0.3, 0.4) is 0 Å². The molecule has 0 aliphatic carbocycles. The predicted octanol–water partition coefficient (Wildman–Crippen LogP) is 0.177. The molecule has 1 heterocycles. The van der Waals surface area contributed by atoms with Crippen LogP contribution < -0.4 is 16.5 Å². The summed E-state index contributed by atoms with van der Waals surface area (Å²) in [4.78, 5) is 9.17. The maximum atomic E-state index is 5.95. The molecule has 0 spiro atoms. The summed E-state index contributed by atoms with van der Waals surface area (Å²) in [5.41, 5.74) is 11.0. The molecule has 0 amide bonds. The van der Waals surface area contributed by atoms with Crippen LogP contribution in [0.25, 0.3) is 11.0 Å². The highest BCUT2D eigenvalue weighted by molar-refractivity contribution is 5.91. The van der Waals surface area contributed by atoms with Crippen molar-refractivity contribution in [3.8, 4) is 0 Å². The first kappa shape index (κ1) is 14.2. The SMILES string of the molecule is CNCCCN=C(N)n1nnc2ccc(NOC)cc21. The highest BCUT2D eigenvalue weighted by Crippen LogP contribution is 2.16. The fourth-order valence-electron chi connectivity index (χ4n) is 1.79. The van der Waals surface area contributed by atoms with Crippen LogP contribution in [0.1, 0.15) is 6.42 Å². The van der Waals surface area contributed by atoms with E-state index in [1.165, 1.54) is 4.68 Å². The van der Waals surface area contributed by atoms with Crippen molar-refractivity contribution in [2.45, 2.75) is 6.42 Å². The Kier molecular flexibility index (Phi) is 4.85. The molecule has 108 valence electrons. The third kappa shape index (κ3) is 3.22. The zero-order valence-electron chi connectivity index (χ0n) is 11.6. The molecule has 4 N–H and O–H groups in total. The normalized spacial score (nSPS) is 12.0. The average molecular weight is 277 g/mol. The lowest BCUT2D eigenvalue weighted by Gasteiger charge is -2.04. The molecule has 0 saturated carbocycles. The molecule has 2 rings (SSSR count). The molecule has 0 atom stereocenters. The van der Waals surface area contributed by atoms with Crippen LogP contribution in [0.15, 0.2) is 23.2 Å². The molecule has 8 heteroatoms. The molecule has 0 radical (unpaired) electrons. The quantitative estimate of drug-likeness (QED) is 0.301. The minimum absolute atomic E-state index is 0.332. The third-order valence-electron chi connectivity index (χ3n) is 2.74. The van der Waals surface area contributed by atoms with E-state index in [9.17, 15) is 0 Å². The maximum Gasteiger partial charge on any atom is 0.218 e. The van der Waals surface area contributed by atoms with Crippen LogP contribution in [0.5, 0.6) is 0 Å². The number of nitrogens with one attached hydrogen (secondary N) is 2. The maximum absolute atomic E-state index is 5.95. The van der Waals surface area contributed by atoms with Gasteiger partial charge in [-0.25, -0.2) is 0 Å². The zero-order valence-corrected chi connectivity index (χ0v) is 11.6. The summed E-state index contributed by atoms with van der Waals surface area (Å²) in [6.45, 7) is 1.54. The molecule has 0 aliphatic heterocycles. The summed E-state index contributed by atoms with van der Waals surface area (Å²) in [6.07, 6.45) is 0.917. The van der Waals surface area contributed by atoms with Crippen LogP contribution in [0.2, 0.25) is 0 Å². The first-order valence-corrected chi connectivity index (χ1v) is 6.35. The van der Waals surface area contributed by atoms with E-state index in [0.717, 1.165) is 29.7 Å². The molecule has 0 unspecified atom stereocenters. The molecule has 1 aromatic carbocycles. The summed E-state index contributed by atoms with van der Waals surface area (Å²) in [5.74, 6) is 0.332. The van der Waals surface area contributed by atoms with Crippen LogP contribution in [0.4, 0.5) is 5.69 Å². The van der Waals surface area contributed by atoms with Crippen molar-refractivity contribution in [1.29, 1.82) is 0 Å². The molecule has 0 aliphatic rings. The largest absolute Gasteiger partial charge is 0.368 e. The Balaban J connectivity index is 2.22. The van der Waals surface area contributed by atoms with E-state index < -0.39 is 0 Å². The van der Waals surface area contributed by atoms with Crippen molar-refractivity contribution in [2.24, 2.45) is 10.7 Å². The number of rotatable bonds is 6.